The fourth-order valence-electron chi connectivity index (χ4n) is 3.61. The summed E-state index contributed by atoms with van der Waals surface area (Å²) < 4.78 is 5.65. The minimum absolute atomic E-state index is 0.0353. The van der Waals surface area contributed by atoms with E-state index in [9.17, 15) is 4.79 Å². The van der Waals surface area contributed by atoms with Crippen molar-refractivity contribution in [1.82, 2.24) is 10.3 Å². The van der Waals surface area contributed by atoms with Crippen LogP contribution in [0.5, 0.6) is 5.75 Å². The Bertz CT molecular complexity index is 898. The zero-order chi connectivity index (χ0) is 19.9. The summed E-state index contributed by atoms with van der Waals surface area (Å²) in [5, 5.41) is 6.10. The molecule has 29 heavy (non-hydrogen) atoms. The zero-order valence-electron chi connectivity index (χ0n) is 16.3. The van der Waals surface area contributed by atoms with Gasteiger partial charge in [0.25, 0.3) is 5.91 Å². The summed E-state index contributed by atoms with van der Waals surface area (Å²) in [4.78, 5) is 18.9. The Labute approximate surface area is 175 Å². The highest BCUT2D eigenvalue weighted by molar-refractivity contribution is 7.13. The number of piperidine rings is 1. The number of carbonyl (C=O) groups excluding carboxylic acids is 1. The van der Waals surface area contributed by atoms with Crippen LogP contribution in [0.4, 0.5) is 5.13 Å². The number of rotatable bonds is 7. The predicted molar refractivity (Wildman–Crippen MR) is 117 cm³/mol. The molecule has 1 fully saturated rings. The molecule has 1 amide bonds. The maximum absolute atomic E-state index is 12.2. The lowest BCUT2D eigenvalue weighted by Gasteiger charge is -2.32. The maximum Gasteiger partial charge on any atom is 0.257 e. The second kappa shape index (κ2) is 9.56. The molecule has 2 heterocycles. The molecule has 1 saturated heterocycles. The van der Waals surface area contributed by atoms with Crippen molar-refractivity contribution in [2.24, 2.45) is 5.92 Å². The van der Waals surface area contributed by atoms with Crippen LogP contribution in [0.1, 0.15) is 12.8 Å². The number of benzene rings is 2. The van der Waals surface area contributed by atoms with Crippen LogP contribution < -0.4 is 15.0 Å². The van der Waals surface area contributed by atoms with Gasteiger partial charge in [0.05, 0.1) is 0 Å². The van der Waals surface area contributed by atoms with E-state index in [4.69, 9.17) is 4.74 Å². The van der Waals surface area contributed by atoms with E-state index in [2.05, 4.69) is 27.3 Å². The van der Waals surface area contributed by atoms with Gasteiger partial charge in [0.2, 0.25) is 0 Å². The van der Waals surface area contributed by atoms with Crippen molar-refractivity contribution in [3.8, 4) is 16.9 Å². The predicted octanol–water partition coefficient (Wildman–Crippen LogP) is 4.22. The van der Waals surface area contributed by atoms with Gasteiger partial charge in [0.1, 0.15) is 5.75 Å². The third kappa shape index (κ3) is 5.35. The minimum atomic E-state index is -0.0801. The Morgan fingerprint density at radius 1 is 1.14 bits per heavy atom. The van der Waals surface area contributed by atoms with Crippen molar-refractivity contribution in [2.45, 2.75) is 12.8 Å². The van der Waals surface area contributed by atoms with E-state index in [-0.39, 0.29) is 12.5 Å². The summed E-state index contributed by atoms with van der Waals surface area (Å²) in [7, 11) is 0. The number of hydrogen-bond donors (Lipinski definition) is 1. The average molecular weight is 408 g/mol. The number of nitrogens with one attached hydrogen (secondary N) is 1. The van der Waals surface area contributed by atoms with Gasteiger partial charge in [-0.25, -0.2) is 4.98 Å². The Kier molecular flexibility index (Phi) is 6.42. The first kappa shape index (κ1) is 19.5. The third-order valence-corrected chi connectivity index (χ3v) is 5.96. The highest BCUT2D eigenvalue weighted by Crippen LogP contribution is 2.24. The molecule has 0 bridgehead atoms. The molecule has 1 unspecified atom stereocenters. The molecule has 0 aliphatic carbocycles. The number of thiazole rings is 1. The van der Waals surface area contributed by atoms with Crippen molar-refractivity contribution in [2.75, 3.05) is 31.1 Å². The molecule has 1 aromatic heterocycles. The van der Waals surface area contributed by atoms with Crippen molar-refractivity contribution in [3.05, 3.63) is 66.2 Å². The number of amides is 1. The van der Waals surface area contributed by atoms with Gasteiger partial charge in [-0.15, -0.1) is 11.3 Å². The van der Waals surface area contributed by atoms with Crippen LogP contribution in [0, 0.1) is 5.92 Å². The second-order valence-electron chi connectivity index (χ2n) is 7.25. The zero-order valence-corrected chi connectivity index (χ0v) is 17.1. The summed E-state index contributed by atoms with van der Waals surface area (Å²) >= 11 is 1.67. The molecular formula is C23H25N3O2S. The van der Waals surface area contributed by atoms with E-state index in [0.717, 1.165) is 42.2 Å². The summed E-state index contributed by atoms with van der Waals surface area (Å²) in [5.41, 5.74) is 2.29. The normalized spacial score (nSPS) is 16.4. The number of carbonyl (C=O) groups is 1. The lowest BCUT2D eigenvalue weighted by Crippen LogP contribution is -2.41. The van der Waals surface area contributed by atoms with Crippen LogP contribution in [-0.4, -0.2) is 37.1 Å². The van der Waals surface area contributed by atoms with Crippen molar-refractivity contribution >= 4 is 22.4 Å². The topological polar surface area (TPSA) is 54.5 Å². The molecule has 1 atom stereocenters. The van der Waals surface area contributed by atoms with E-state index in [1.54, 1.807) is 11.3 Å². The van der Waals surface area contributed by atoms with E-state index >= 15 is 0 Å². The highest BCUT2D eigenvalue weighted by atomic mass is 32.1. The molecule has 6 heteroatoms. The molecule has 0 radical (unpaired) electrons. The number of hydrogen-bond acceptors (Lipinski definition) is 5. The Morgan fingerprint density at radius 2 is 1.93 bits per heavy atom. The Hall–Kier alpha value is -2.86. The average Bonchev–Trinajstić information content (AvgIpc) is 3.33. The van der Waals surface area contributed by atoms with Gasteiger partial charge in [-0.3, -0.25) is 4.79 Å². The first-order valence-corrected chi connectivity index (χ1v) is 10.9. The van der Waals surface area contributed by atoms with Crippen LogP contribution in [0.3, 0.4) is 0 Å². The monoisotopic (exact) mass is 407 g/mol. The van der Waals surface area contributed by atoms with E-state index in [0.29, 0.717) is 18.2 Å². The van der Waals surface area contributed by atoms with Crippen LogP contribution in [0.2, 0.25) is 0 Å². The fraction of sp³-hybridized carbons (Fsp3) is 0.304. The molecule has 4 rings (SSSR count). The smallest absolute Gasteiger partial charge is 0.257 e. The largest absolute Gasteiger partial charge is 0.484 e. The molecule has 0 spiro atoms. The van der Waals surface area contributed by atoms with Crippen LogP contribution in [0.15, 0.2) is 66.2 Å². The fourth-order valence-corrected chi connectivity index (χ4v) is 4.29. The number of aromatic nitrogens is 1. The number of ether oxygens (including phenoxy) is 1. The van der Waals surface area contributed by atoms with Crippen molar-refractivity contribution in [3.63, 3.8) is 0 Å². The van der Waals surface area contributed by atoms with Crippen LogP contribution >= 0.6 is 11.3 Å². The van der Waals surface area contributed by atoms with Crippen LogP contribution in [0.25, 0.3) is 11.1 Å². The quantitative estimate of drug-likeness (QED) is 0.637. The maximum atomic E-state index is 12.2. The molecule has 3 aromatic rings. The lowest BCUT2D eigenvalue weighted by molar-refractivity contribution is -0.123. The van der Waals surface area contributed by atoms with Gasteiger partial charge in [-0.2, -0.15) is 0 Å². The summed E-state index contributed by atoms with van der Waals surface area (Å²) in [6, 6.07) is 18.0. The second-order valence-corrected chi connectivity index (χ2v) is 8.13. The van der Waals surface area contributed by atoms with Crippen molar-refractivity contribution in [1.29, 1.82) is 0 Å². The molecule has 1 aliphatic heterocycles. The molecule has 150 valence electrons. The molecule has 5 nitrogen and oxygen atoms in total. The Balaban J connectivity index is 1.21. The van der Waals surface area contributed by atoms with Gasteiger partial charge in [-0.05, 0) is 42.0 Å². The summed E-state index contributed by atoms with van der Waals surface area (Å²) in [5.74, 6) is 1.07. The highest BCUT2D eigenvalue weighted by Gasteiger charge is 2.21. The molecular weight excluding hydrogens is 382 g/mol. The summed E-state index contributed by atoms with van der Waals surface area (Å²) in [6.45, 7) is 2.69. The van der Waals surface area contributed by atoms with Gasteiger partial charge >= 0.3 is 0 Å². The standard InChI is InChI=1S/C23H25N3O2S/c27-22(25-15-18-5-4-13-26(16-18)23-24-12-14-29-23)17-28-21-10-8-20(9-11-21)19-6-2-1-3-7-19/h1-3,6-12,14,18H,4-5,13,15-17H2,(H,25,27). The molecule has 2 aromatic carbocycles. The van der Waals surface area contributed by atoms with E-state index < -0.39 is 0 Å². The molecule has 1 N–H and O–H groups in total. The van der Waals surface area contributed by atoms with Gasteiger partial charge in [0, 0.05) is 31.2 Å². The molecule has 0 saturated carbocycles. The van der Waals surface area contributed by atoms with Crippen LogP contribution in [-0.2, 0) is 4.79 Å². The first-order valence-electron chi connectivity index (χ1n) is 9.97. The number of anilines is 1. The molecule has 1 aliphatic rings. The van der Waals surface area contributed by atoms with E-state index in [1.165, 1.54) is 0 Å². The first-order chi connectivity index (χ1) is 14.3. The van der Waals surface area contributed by atoms with E-state index in [1.807, 2.05) is 54.0 Å². The van der Waals surface area contributed by atoms with Gasteiger partial charge in [0.15, 0.2) is 11.7 Å². The SMILES string of the molecule is O=C(COc1ccc(-c2ccccc2)cc1)NCC1CCCN(c2nccs2)C1. The van der Waals surface area contributed by atoms with Gasteiger partial charge in [-0.1, -0.05) is 42.5 Å². The number of nitrogens with zero attached hydrogens (tertiary/aromatic N) is 2. The Morgan fingerprint density at radius 3 is 2.69 bits per heavy atom. The van der Waals surface area contributed by atoms with Gasteiger partial charge < -0.3 is 15.0 Å². The minimum Gasteiger partial charge on any atom is -0.484 e. The van der Waals surface area contributed by atoms with Crippen molar-refractivity contribution < 1.29 is 9.53 Å². The summed E-state index contributed by atoms with van der Waals surface area (Å²) in [6.07, 6.45) is 4.10. The third-order valence-electron chi connectivity index (χ3n) is 5.13. The lowest BCUT2D eigenvalue weighted by atomic mass is 9.98.